The van der Waals surface area contributed by atoms with Crippen molar-refractivity contribution in [2.75, 3.05) is 27.9 Å². The van der Waals surface area contributed by atoms with Crippen LogP contribution in [0.1, 0.15) is 96.8 Å². The van der Waals surface area contributed by atoms with Crippen LogP contribution in [0.3, 0.4) is 0 Å². The molecule has 172 valence electrons. The molecule has 2 fully saturated rings. The molecule has 0 aromatic rings. The minimum atomic E-state index is -2.44. The molecule has 2 saturated carbocycles. The van der Waals surface area contributed by atoms with Gasteiger partial charge in [-0.3, -0.25) is 0 Å². The van der Waals surface area contributed by atoms with Crippen molar-refractivity contribution in [2.24, 2.45) is 17.8 Å². The fourth-order valence-corrected chi connectivity index (χ4v) is 7.32. The highest BCUT2D eigenvalue weighted by Crippen LogP contribution is 2.41. The molecule has 0 heterocycles. The second-order valence-electron chi connectivity index (χ2n) is 9.44. The van der Waals surface area contributed by atoms with Gasteiger partial charge >= 0.3 is 8.80 Å². The SMILES string of the molecule is CCCCCC[C@H]1CC[C@H]([C@H]2CC[C@H](OCCC[Si](OC)(OC)OC)CC2)CC1. The van der Waals surface area contributed by atoms with Crippen molar-refractivity contribution >= 4 is 8.80 Å². The smallest absolute Gasteiger partial charge is 0.378 e. The molecule has 0 radical (unpaired) electrons. The van der Waals surface area contributed by atoms with Crippen molar-refractivity contribution in [3.05, 3.63) is 0 Å². The summed E-state index contributed by atoms with van der Waals surface area (Å²) < 4.78 is 22.6. The Kier molecular flexibility index (Phi) is 12.4. The Labute approximate surface area is 181 Å². The van der Waals surface area contributed by atoms with Crippen LogP contribution in [0.25, 0.3) is 0 Å². The highest BCUT2D eigenvalue weighted by atomic mass is 28.4. The van der Waals surface area contributed by atoms with E-state index in [-0.39, 0.29) is 0 Å². The second-order valence-corrected chi connectivity index (χ2v) is 12.5. The molecule has 0 unspecified atom stereocenters. The first-order valence-electron chi connectivity index (χ1n) is 12.4. The number of ether oxygens (including phenoxy) is 1. The van der Waals surface area contributed by atoms with Crippen molar-refractivity contribution in [1.82, 2.24) is 0 Å². The maximum atomic E-state index is 6.18. The van der Waals surface area contributed by atoms with E-state index in [1.807, 2.05) is 0 Å². The quantitative estimate of drug-likeness (QED) is 0.230. The monoisotopic (exact) mass is 428 g/mol. The zero-order valence-corrected chi connectivity index (χ0v) is 20.8. The maximum Gasteiger partial charge on any atom is 0.500 e. The van der Waals surface area contributed by atoms with E-state index >= 15 is 0 Å². The van der Waals surface area contributed by atoms with E-state index in [0.717, 1.165) is 36.8 Å². The molecule has 0 aromatic carbocycles. The van der Waals surface area contributed by atoms with Gasteiger partial charge in [-0.05, 0) is 62.7 Å². The molecule has 0 atom stereocenters. The molecule has 2 aliphatic rings. The summed E-state index contributed by atoms with van der Waals surface area (Å²) in [4.78, 5) is 0. The van der Waals surface area contributed by atoms with E-state index in [2.05, 4.69) is 6.92 Å². The van der Waals surface area contributed by atoms with Gasteiger partial charge in [0.15, 0.2) is 0 Å². The van der Waals surface area contributed by atoms with Crippen LogP contribution in [-0.2, 0) is 18.0 Å². The van der Waals surface area contributed by atoms with Crippen LogP contribution in [0.5, 0.6) is 0 Å². The average Bonchev–Trinajstić information content (AvgIpc) is 2.78. The molecule has 29 heavy (non-hydrogen) atoms. The lowest BCUT2D eigenvalue weighted by atomic mass is 9.70. The lowest BCUT2D eigenvalue weighted by Crippen LogP contribution is -2.42. The molecule has 0 spiro atoms. The summed E-state index contributed by atoms with van der Waals surface area (Å²) in [5.74, 6) is 3.00. The minimum absolute atomic E-state index is 0.463. The molecule has 2 aliphatic carbocycles. The molecule has 0 aromatic heterocycles. The van der Waals surface area contributed by atoms with Gasteiger partial charge in [-0.1, -0.05) is 51.9 Å². The highest BCUT2D eigenvalue weighted by Gasteiger charge is 2.37. The van der Waals surface area contributed by atoms with E-state index in [1.54, 1.807) is 21.3 Å². The zero-order chi connectivity index (χ0) is 21.0. The van der Waals surface area contributed by atoms with Gasteiger partial charge in [-0.25, -0.2) is 0 Å². The Balaban J connectivity index is 1.55. The summed E-state index contributed by atoms with van der Waals surface area (Å²) in [6.07, 6.45) is 19.8. The van der Waals surface area contributed by atoms with Crippen LogP contribution in [-0.4, -0.2) is 42.8 Å². The number of hydrogen-bond donors (Lipinski definition) is 0. The first kappa shape index (κ1) is 25.3. The average molecular weight is 429 g/mol. The van der Waals surface area contributed by atoms with E-state index in [9.17, 15) is 0 Å². The third-order valence-corrected chi connectivity index (χ3v) is 10.5. The Bertz CT molecular complexity index is 391. The molecule has 0 amide bonds. The summed E-state index contributed by atoms with van der Waals surface area (Å²) in [6.45, 7) is 3.10. The molecule has 4 nitrogen and oxygen atoms in total. The van der Waals surface area contributed by atoms with Gasteiger partial charge in [0.05, 0.1) is 6.10 Å². The zero-order valence-electron chi connectivity index (χ0n) is 19.8. The Hall–Kier alpha value is 0.0569. The van der Waals surface area contributed by atoms with Gasteiger partial charge in [0.2, 0.25) is 0 Å². The maximum absolute atomic E-state index is 6.18. The topological polar surface area (TPSA) is 36.9 Å². The minimum Gasteiger partial charge on any atom is -0.378 e. The van der Waals surface area contributed by atoms with Crippen LogP contribution in [0, 0.1) is 17.8 Å². The Morgan fingerprint density at radius 1 is 0.690 bits per heavy atom. The summed E-state index contributed by atoms with van der Waals surface area (Å²) >= 11 is 0. The van der Waals surface area contributed by atoms with Crippen molar-refractivity contribution in [1.29, 1.82) is 0 Å². The Morgan fingerprint density at radius 2 is 1.28 bits per heavy atom. The fourth-order valence-electron chi connectivity index (χ4n) is 5.63. The van der Waals surface area contributed by atoms with Crippen molar-refractivity contribution < 1.29 is 18.0 Å². The van der Waals surface area contributed by atoms with Crippen LogP contribution >= 0.6 is 0 Å². The predicted molar refractivity (Wildman–Crippen MR) is 122 cm³/mol. The fraction of sp³-hybridized carbons (Fsp3) is 1.00. The van der Waals surface area contributed by atoms with Crippen molar-refractivity contribution in [3.8, 4) is 0 Å². The molecule has 2 rings (SSSR count). The van der Waals surface area contributed by atoms with Crippen molar-refractivity contribution in [2.45, 2.75) is 109 Å². The molecular weight excluding hydrogens is 380 g/mol. The third kappa shape index (κ3) is 8.60. The van der Waals surface area contributed by atoms with Crippen LogP contribution in [0.4, 0.5) is 0 Å². The molecule has 0 saturated heterocycles. The molecule has 5 heteroatoms. The summed E-state index contributed by atoms with van der Waals surface area (Å²) in [5.41, 5.74) is 0. The summed E-state index contributed by atoms with van der Waals surface area (Å²) in [5, 5.41) is 0. The number of rotatable bonds is 14. The predicted octanol–water partition coefficient (Wildman–Crippen LogP) is 6.61. The highest BCUT2D eigenvalue weighted by molar-refractivity contribution is 6.60. The molecule has 0 N–H and O–H groups in total. The van der Waals surface area contributed by atoms with E-state index in [1.165, 1.54) is 83.5 Å². The molecule has 0 bridgehead atoms. The van der Waals surface area contributed by atoms with E-state index in [0.29, 0.717) is 6.10 Å². The largest absolute Gasteiger partial charge is 0.500 e. The lowest BCUT2D eigenvalue weighted by molar-refractivity contribution is 0.00547. The summed E-state index contributed by atoms with van der Waals surface area (Å²) in [7, 11) is 2.61. The molecule has 0 aliphatic heterocycles. The normalized spacial score (nSPS) is 28.6. The van der Waals surface area contributed by atoms with Crippen LogP contribution in [0.2, 0.25) is 6.04 Å². The third-order valence-electron chi connectivity index (χ3n) is 7.66. The molecular formula is C24H48O4Si. The van der Waals surface area contributed by atoms with Gasteiger partial charge in [0, 0.05) is 34.0 Å². The van der Waals surface area contributed by atoms with Gasteiger partial charge in [-0.2, -0.15) is 0 Å². The first-order valence-corrected chi connectivity index (χ1v) is 14.4. The second kappa shape index (κ2) is 14.2. The van der Waals surface area contributed by atoms with Crippen LogP contribution < -0.4 is 0 Å². The lowest BCUT2D eigenvalue weighted by Gasteiger charge is -2.38. The van der Waals surface area contributed by atoms with Crippen LogP contribution in [0.15, 0.2) is 0 Å². The van der Waals surface area contributed by atoms with E-state index < -0.39 is 8.80 Å². The number of unbranched alkanes of at least 4 members (excludes halogenated alkanes) is 3. The van der Waals surface area contributed by atoms with Gasteiger partial charge in [0.25, 0.3) is 0 Å². The van der Waals surface area contributed by atoms with Crippen molar-refractivity contribution in [3.63, 3.8) is 0 Å². The first-order chi connectivity index (χ1) is 14.2. The number of hydrogen-bond acceptors (Lipinski definition) is 4. The van der Waals surface area contributed by atoms with Gasteiger partial charge in [-0.15, -0.1) is 0 Å². The van der Waals surface area contributed by atoms with Gasteiger partial charge < -0.3 is 18.0 Å². The van der Waals surface area contributed by atoms with Gasteiger partial charge in [0.1, 0.15) is 0 Å². The standard InChI is InChI=1S/C24H48O4Si/c1-5-6-7-8-10-21-11-13-22(14-12-21)23-15-17-24(18-16-23)28-19-9-20-29(25-2,26-3)27-4/h21-24H,5-20H2,1-4H3/t21-,22-,23-,24-. The van der Waals surface area contributed by atoms with E-state index in [4.69, 9.17) is 18.0 Å². The Morgan fingerprint density at radius 3 is 1.83 bits per heavy atom. The summed E-state index contributed by atoms with van der Waals surface area (Å²) in [6, 6.07) is 0.827.